The number of para-hydroxylation sites is 1. The smallest absolute Gasteiger partial charge is 0.234 e. The van der Waals surface area contributed by atoms with Gasteiger partial charge in [-0.1, -0.05) is 23.9 Å². The summed E-state index contributed by atoms with van der Waals surface area (Å²) in [6, 6.07) is 13.0. The van der Waals surface area contributed by atoms with Gasteiger partial charge in [-0.15, -0.1) is 10.2 Å². The number of benzene rings is 2. The number of rotatable bonds is 8. The fraction of sp³-hybridized carbons (Fsp3) is 0.167. The Morgan fingerprint density at radius 3 is 2.68 bits per heavy atom. The number of hydrogen-bond acceptors (Lipinski definition) is 7. The number of anilines is 1. The minimum absolute atomic E-state index is 0.0525. The number of nitrogens with two attached hydrogens (primary N) is 1. The van der Waals surface area contributed by atoms with Crippen molar-refractivity contribution >= 4 is 23.4 Å². The van der Waals surface area contributed by atoms with E-state index < -0.39 is 5.82 Å². The first kappa shape index (κ1) is 19.5. The number of halogens is 1. The number of ether oxygens (including phenoxy) is 2. The summed E-state index contributed by atoms with van der Waals surface area (Å²) in [5.74, 6) is 6.43. The molecule has 0 aliphatic carbocycles. The van der Waals surface area contributed by atoms with Crippen LogP contribution in [0.25, 0.3) is 0 Å². The second kappa shape index (κ2) is 9.09. The molecule has 1 heterocycles. The molecule has 146 valence electrons. The third-order valence-corrected chi connectivity index (χ3v) is 4.58. The highest BCUT2D eigenvalue weighted by Gasteiger charge is 2.14. The van der Waals surface area contributed by atoms with E-state index in [9.17, 15) is 9.18 Å². The van der Waals surface area contributed by atoms with Crippen LogP contribution in [0.4, 0.5) is 10.1 Å². The molecular weight excluding hydrogens is 385 g/mol. The van der Waals surface area contributed by atoms with Gasteiger partial charge in [0.15, 0.2) is 17.4 Å². The minimum Gasteiger partial charge on any atom is -0.497 e. The van der Waals surface area contributed by atoms with Gasteiger partial charge in [-0.05, 0) is 36.4 Å². The van der Waals surface area contributed by atoms with Crippen LogP contribution >= 0.6 is 11.8 Å². The predicted octanol–water partition coefficient (Wildman–Crippen LogP) is 2.45. The van der Waals surface area contributed by atoms with Gasteiger partial charge in [0.2, 0.25) is 11.1 Å². The summed E-state index contributed by atoms with van der Waals surface area (Å²) in [6.45, 7) is -0.0525. The third-order valence-electron chi connectivity index (χ3n) is 3.63. The summed E-state index contributed by atoms with van der Waals surface area (Å²) in [5.41, 5.74) is 0.652. The van der Waals surface area contributed by atoms with Crippen molar-refractivity contribution in [3.05, 3.63) is 60.2 Å². The molecule has 0 aliphatic heterocycles. The lowest BCUT2D eigenvalue weighted by Crippen LogP contribution is -2.18. The monoisotopic (exact) mass is 403 g/mol. The van der Waals surface area contributed by atoms with Gasteiger partial charge in [-0.3, -0.25) is 4.79 Å². The van der Waals surface area contributed by atoms with E-state index in [-0.39, 0.29) is 24.0 Å². The lowest BCUT2D eigenvalue weighted by atomic mass is 10.3. The van der Waals surface area contributed by atoms with Crippen molar-refractivity contribution in [3.63, 3.8) is 0 Å². The average Bonchev–Trinajstić information content (AvgIpc) is 3.06. The van der Waals surface area contributed by atoms with Crippen LogP contribution in [0.3, 0.4) is 0 Å². The number of amides is 1. The molecule has 10 heteroatoms. The van der Waals surface area contributed by atoms with Crippen molar-refractivity contribution in [2.24, 2.45) is 0 Å². The standard InChI is InChI=1S/C18H18FN5O3S/c1-26-13-8-6-12(7-9-13)21-17(25)11-28-18-23-22-16(24(18)20)10-27-15-5-3-2-4-14(15)19/h2-9H,10-11,20H2,1H3,(H,21,25). The molecule has 1 aromatic heterocycles. The second-order valence-corrected chi connectivity index (χ2v) is 6.50. The maximum Gasteiger partial charge on any atom is 0.234 e. The van der Waals surface area contributed by atoms with Gasteiger partial charge in [-0.2, -0.15) is 0 Å². The Balaban J connectivity index is 1.52. The number of nitrogens with zero attached hydrogens (tertiary/aromatic N) is 3. The van der Waals surface area contributed by atoms with E-state index in [2.05, 4.69) is 15.5 Å². The molecule has 2 aromatic carbocycles. The first-order valence-electron chi connectivity index (χ1n) is 8.20. The molecule has 3 aromatic rings. The molecule has 0 fully saturated rings. The zero-order valence-electron chi connectivity index (χ0n) is 15.0. The van der Waals surface area contributed by atoms with Gasteiger partial charge >= 0.3 is 0 Å². The minimum atomic E-state index is -0.476. The topological polar surface area (TPSA) is 104 Å². The molecule has 1 amide bonds. The number of thioether (sulfide) groups is 1. The van der Waals surface area contributed by atoms with E-state index in [0.29, 0.717) is 22.4 Å². The second-order valence-electron chi connectivity index (χ2n) is 5.55. The van der Waals surface area contributed by atoms with Crippen LogP contribution in [0.2, 0.25) is 0 Å². The highest BCUT2D eigenvalue weighted by atomic mass is 32.2. The quantitative estimate of drug-likeness (QED) is 0.440. The molecule has 0 atom stereocenters. The molecule has 0 bridgehead atoms. The van der Waals surface area contributed by atoms with Crippen LogP contribution in [-0.4, -0.2) is 33.6 Å². The van der Waals surface area contributed by atoms with Crippen molar-refractivity contribution in [1.29, 1.82) is 0 Å². The largest absolute Gasteiger partial charge is 0.497 e. The van der Waals surface area contributed by atoms with E-state index >= 15 is 0 Å². The summed E-state index contributed by atoms with van der Waals surface area (Å²) in [5, 5.41) is 11.0. The Labute approximate surface area is 164 Å². The molecule has 3 rings (SSSR count). The van der Waals surface area contributed by atoms with Crippen LogP contribution < -0.4 is 20.6 Å². The number of nitrogen functional groups attached to an aromatic ring is 1. The Morgan fingerprint density at radius 1 is 1.21 bits per heavy atom. The predicted molar refractivity (Wildman–Crippen MR) is 103 cm³/mol. The van der Waals surface area contributed by atoms with Crippen LogP contribution in [-0.2, 0) is 11.4 Å². The zero-order chi connectivity index (χ0) is 19.9. The lowest BCUT2D eigenvalue weighted by molar-refractivity contribution is -0.113. The van der Waals surface area contributed by atoms with Crippen molar-refractivity contribution in [2.75, 3.05) is 24.0 Å². The molecule has 0 radical (unpaired) electrons. The summed E-state index contributed by atoms with van der Waals surface area (Å²) < 4.78 is 25.2. The zero-order valence-corrected chi connectivity index (χ0v) is 15.8. The van der Waals surface area contributed by atoms with E-state index in [4.69, 9.17) is 15.3 Å². The number of aromatic nitrogens is 3. The summed E-state index contributed by atoms with van der Waals surface area (Å²) in [4.78, 5) is 12.1. The van der Waals surface area contributed by atoms with Crippen LogP contribution in [0, 0.1) is 5.82 Å². The molecule has 0 spiro atoms. The lowest BCUT2D eigenvalue weighted by Gasteiger charge is -2.07. The number of carbonyl (C=O) groups excluding carboxylic acids is 1. The maximum atomic E-state index is 13.6. The Kier molecular flexibility index (Phi) is 6.33. The van der Waals surface area contributed by atoms with E-state index in [1.54, 1.807) is 43.5 Å². The van der Waals surface area contributed by atoms with Gasteiger partial charge in [0, 0.05) is 5.69 Å². The Bertz CT molecular complexity index is 949. The van der Waals surface area contributed by atoms with E-state index in [1.165, 1.54) is 16.8 Å². The molecule has 28 heavy (non-hydrogen) atoms. The molecule has 3 N–H and O–H groups in total. The first-order valence-corrected chi connectivity index (χ1v) is 9.19. The van der Waals surface area contributed by atoms with Gasteiger partial charge in [-0.25, -0.2) is 9.07 Å². The molecule has 0 aliphatic rings. The van der Waals surface area contributed by atoms with E-state index in [0.717, 1.165) is 11.8 Å². The van der Waals surface area contributed by atoms with Crippen LogP contribution in [0.1, 0.15) is 5.82 Å². The van der Waals surface area contributed by atoms with Crippen molar-refractivity contribution < 1.29 is 18.7 Å². The molecule has 0 unspecified atom stereocenters. The number of nitrogens with one attached hydrogen (secondary N) is 1. The van der Waals surface area contributed by atoms with Gasteiger partial charge in [0.1, 0.15) is 12.4 Å². The third kappa shape index (κ3) is 4.92. The van der Waals surface area contributed by atoms with Crippen LogP contribution in [0.15, 0.2) is 53.7 Å². The first-order chi connectivity index (χ1) is 13.6. The molecule has 8 nitrogen and oxygen atoms in total. The SMILES string of the molecule is COc1ccc(NC(=O)CSc2nnc(COc3ccccc3F)n2N)cc1. The van der Waals surface area contributed by atoms with Gasteiger partial charge in [0.05, 0.1) is 12.9 Å². The van der Waals surface area contributed by atoms with Gasteiger partial charge < -0.3 is 20.6 Å². The van der Waals surface area contributed by atoms with Crippen LogP contribution in [0.5, 0.6) is 11.5 Å². The number of hydrogen-bond donors (Lipinski definition) is 2. The highest BCUT2D eigenvalue weighted by molar-refractivity contribution is 7.99. The Morgan fingerprint density at radius 2 is 1.96 bits per heavy atom. The summed E-state index contributed by atoms with van der Waals surface area (Å²) >= 11 is 1.13. The molecular formula is C18H18FN5O3S. The van der Waals surface area contributed by atoms with Crippen molar-refractivity contribution in [2.45, 2.75) is 11.8 Å². The molecule has 0 saturated heterocycles. The summed E-state index contributed by atoms with van der Waals surface area (Å²) in [7, 11) is 1.57. The maximum absolute atomic E-state index is 13.6. The normalized spacial score (nSPS) is 10.5. The van der Waals surface area contributed by atoms with Crippen molar-refractivity contribution in [3.8, 4) is 11.5 Å². The fourth-order valence-electron chi connectivity index (χ4n) is 2.21. The summed E-state index contributed by atoms with van der Waals surface area (Å²) in [6.07, 6.45) is 0. The van der Waals surface area contributed by atoms with Gasteiger partial charge in [0.25, 0.3) is 0 Å². The number of carbonyl (C=O) groups is 1. The fourth-order valence-corrected chi connectivity index (χ4v) is 2.89. The van der Waals surface area contributed by atoms with E-state index in [1.807, 2.05) is 0 Å². The number of methoxy groups -OCH3 is 1. The highest BCUT2D eigenvalue weighted by Crippen LogP contribution is 2.19. The van der Waals surface area contributed by atoms with Crippen molar-refractivity contribution in [1.82, 2.24) is 14.9 Å². The average molecular weight is 403 g/mol. The Hall–Kier alpha value is -3.27. The molecule has 0 saturated carbocycles.